The van der Waals surface area contributed by atoms with Crippen LogP contribution in [0.1, 0.15) is 58.3 Å². The number of nitrogens with zero attached hydrogens (tertiary/aromatic N) is 1. The first-order valence-electron chi connectivity index (χ1n) is 7.37. The highest BCUT2D eigenvalue weighted by Gasteiger charge is 2.27. The fourth-order valence-electron chi connectivity index (χ4n) is 2.31. The molecule has 0 amide bonds. The van der Waals surface area contributed by atoms with Crippen LogP contribution in [0.15, 0.2) is 0 Å². The van der Waals surface area contributed by atoms with Crippen molar-refractivity contribution in [3.8, 4) is 0 Å². The molecule has 2 nitrogen and oxygen atoms in total. The monoisotopic (exact) mass is 224 g/mol. The fourth-order valence-corrected chi connectivity index (χ4v) is 2.31. The first-order chi connectivity index (χ1) is 7.90. The van der Waals surface area contributed by atoms with Crippen LogP contribution in [0, 0.1) is 0 Å². The SMILES string of the molecule is CCCCN(CCCCNC1CC1)C1CC1. The Balaban J connectivity index is 1.47. The van der Waals surface area contributed by atoms with E-state index in [1.54, 1.807) is 0 Å². The second-order valence-electron chi connectivity index (χ2n) is 5.56. The van der Waals surface area contributed by atoms with Crippen molar-refractivity contribution >= 4 is 0 Å². The van der Waals surface area contributed by atoms with Crippen molar-refractivity contribution in [3.63, 3.8) is 0 Å². The first-order valence-corrected chi connectivity index (χ1v) is 7.37. The molecule has 94 valence electrons. The number of rotatable bonds is 10. The molecule has 2 fully saturated rings. The Morgan fingerprint density at radius 2 is 1.75 bits per heavy atom. The molecule has 0 heterocycles. The molecule has 16 heavy (non-hydrogen) atoms. The van der Waals surface area contributed by atoms with Crippen LogP contribution in [0.2, 0.25) is 0 Å². The van der Waals surface area contributed by atoms with Gasteiger partial charge in [-0.15, -0.1) is 0 Å². The van der Waals surface area contributed by atoms with Gasteiger partial charge in [-0.2, -0.15) is 0 Å². The summed E-state index contributed by atoms with van der Waals surface area (Å²) in [4.78, 5) is 2.74. The smallest absolute Gasteiger partial charge is 0.00964 e. The van der Waals surface area contributed by atoms with E-state index in [4.69, 9.17) is 0 Å². The van der Waals surface area contributed by atoms with Gasteiger partial charge in [-0.25, -0.2) is 0 Å². The number of unbranched alkanes of at least 4 members (excludes halogenated alkanes) is 2. The molecule has 0 radical (unpaired) electrons. The third-order valence-electron chi connectivity index (χ3n) is 3.74. The van der Waals surface area contributed by atoms with Gasteiger partial charge in [0.15, 0.2) is 0 Å². The largest absolute Gasteiger partial charge is 0.314 e. The molecule has 0 unspecified atom stereocenters. The predicted molar refractivity (Wildman–Crippen MR) is 69.8 cm³/mol. The summed E-state index contributed by atoms with van der Waals surface area (Å²) in [5.41, 5.74) is 0. The fraction of sp³-hybridized carbons (Fsp3) is 1.00. The average molecular weight is 224 g/mol. The van der Waals surface area contributed by atoms with E-state index in [0.29, 0.717) is 0 Å². The van der Waals surface area contributed by atoms with Crippen LogP contribution in [-0.2, 0) is 0 Å². The predicted octanol–water partition coefficient (Wildman–Crippen LogP) is 2.78. The Morgan fingerprint density at radius 1 is 1.00 bits per heavy atom. The lowest BCUT2D eigenvalue weighted by Gasteiger charge is -2.21. The summed E-state index contributed by atoms with van der Waals surface area (Å²) in [6.07, 6.45) is 11.2. The van der Waals surface area contributed by atoms with E-state index in [2.05, 4.69) is 17.1 Å². The van der Waals surface area contributed by atoms with E-state index < -0.39 is 0 Å². The van der Waals surface area contributed by atoms with Crippen molar-refractivity contribution in [1.29, 1.82) is 0 Å². The van der Waals surface area contributed by atoms with Crippen LogP contribution in [0.5, 0.6) is 0 Å². The molecule has 2 rings (SSSR count). The second kappa shape index (κ2) is 6.61. The number of hydrogen-bond donors (Lipinski definition) is 1. The van der Waals surface area contributed by atoms with Crippen LogP contribution in [-0.4, -0.2) is 36.6 Å². The molecule has 0 aromatic carbocycles. The lowest BCUT2D eigenvalue weighted by molar-refractivity contribution is 0.253. The Kier molecular flexibility index (Phi) is 5.11. The molecule has 0 aromatic heterocycles. The summed E-state index contributed by atoms with van der Waals surface area (Å²) in [5.74, 6) is 0. The summed E-state index contributed by atoms with van der Waals surface area (Å²) in [5, 5.41) is 3.60. The highest BCUT2D eigenvalue weighted by Crippen LogP contribution is 2.27. The summed E-state index contributed by atoms with van der Waals surface area (Å²) >= 11 is 0. The summed E-state index contributed by atoms with van der Waals surface area (Å²) < 4.78 is 0. The Morgan fingerprint density at radius 3 is 2.38 bits per heavy atom. The third kappa shape index (κ3) is 4.84. The quantitative estimate of drug-likeness (QED) is 0.574. The van der Waals surface area contributed by atoms with E-state index in [1.165, 1.54) is 71.0 Å². The van der Waals surface area contributed by atoms with Crippen molar-refractivity contribution in [2.24, 2.45) is 0 Å². The van der Waals surface area contributed by atoms with Gasteiger partial charge < -0.3 is 10.2 Å². The highest BCUT2D eigenvalue weighted by molar-refractivity contribution is 4.84. The van der Waals surface area contributed by atoms with Gasteiger partial charge in [-0.3, -0.25) is 0 Å². The molecule has 0 aromatic rings. The maximum absolute atomic E-state index is 3.60. The summed E-state index contributed by atoms with van der Waals surface area (Å²) in [6.45, 7) is 6.23. The minimum absolute atomic E-state index is 0.889. The number of nitrogens with one attached hydrogen (secondary N) is 1. The minimum Gasteiger partial charge on any atom is -0.314 e. The van der Waals surface area contributed by atoms with Crippen LogP contribution in [0.25, 0.3) is 0 Å². The molecule has 0 aliphatic heterocycles. The van der Waals surface area contributed by atoms with Crippen molar-refractivity contribution in [2.45, 2.75) is 70.4 Å². The zero-order valence-electron chi connectivity index (χ0n) is 10.9. The molecule has 2 heteroatoms. The van der Waals surface area contributed by atoms with Gasteiger partial charge in [0.1, 0.15) is 0 Å². The second-order valence-corrected chi connectivity index (χ2v) is 5.56. The zero-order chi connectivity index (χ0) is 11.2. The van der Waals surface area contributed by atoms with E-state index in [1.807, 2.05) is 0 Å². The van der Waals surface area contributed by atoms with E-state index in [9.17, 15) is 0 Å². The Hall–Kier alpha value is -0.0800. The van der Waals surface area contributed by atoms with Crippen LogP contribution in [0.4, 0.5) is 0 Å². The molecule has 0 atom stereocenters. The van der Waals surface area contributed by atoms with Crippen LogP contribution < -0.4 is 5.32 Å². The van der Waals surface area contributed by atoms with Crippen molar-refractivity contribution < 1.29 is 0 Å². The molecule has 0 spiro atoms. The van der Waals surface area contributed by atoms with E-state index in [0.717, 1.165) is 12.1 Å². The summed E-state index contributed by atoms with van der Waals surface area (Å²) in [7, 11) is 0. The standard InChI is InChI=1S/C14H28N2/c1-2-3-11-16(14-8-9-14)12-5-4-10-15-13-6-7-13/h13-15H,2-12H2,1H3. The van der Waals surface area contributed by atoms with Gasteiger partial charge in [-0.1, -0.05) is 13.3 Å². The molecule has 2 aliphatic rings. The molecule has 1 N–H and O–H groups in total. The lowest BCUT2D eigenvalue weighted by Crippen LogP contribution is -2.29. The Bertz CT molecular complexity index is 185. The van der Waals surface area contributed by atoms with Gasteiger partial charge >= 0.3 is 0 Å². The lowest BCUT2D eigenvalue weighted by atomic mass is 10.2. The first kappa shape index (κ1) is 12.4. The maximum atomic E-state index is 3.60. The molecule has 0 saturated heterocycles. The Labute approximate surface area is 101 Å². The minimum atomic E-state index is 0.889. The van der Waals surface area contributed by atoms with Crippen molar-refractivity contribution in [2.75, 3.05) is 19.6 Å². The average Bonchev–Trinajstić information content (AvgIpc) is 3.15. The topological polar surface area (TPSA) is 15.3 Å². The maximum Gasteiger partial charge on any atom is 0.00964 e. The van der Waals surface area contributed by atoms with E-state index in [-0.39, 0.29) is 0 Å². The van der Waals surface area contributed by atoms with Gasteiger partial charge in [-0.05, 0) is 64.6 Å². The van der Waals surface area contributed by atoms with Gasteiger partial charge in [0.25, 0.3) is 0 Å². The van der Waals surface area contributed by atoms with Gasteiger partial charge in [0.2, 0.25) is 0 Å². The van der Waals surface area contributed by atoms with E-state index >= 15 is 0 Å². The van der Waals surface area contributed by atoms with Gasteiger partial charge in [0.05, 0.1) is 0 Å². The van der Waals surface area contributed by atoms with Crippen LogP contribution >= 0.6 is 0 Å². The molecular weight excluding hydrogens is 196 g/mol. The zero-order valence-corrected chi connectivity index (χ0v) is 10.9. The molecule has 0 bridgehead atoms. The third-order valence-corrected chi connectivity index (χ3v) is 3.74. The molecule has 2 saturated carbocycles. The molecular formula is C14H28N2. The molecule has 2 aliphatic carbocycles. The van der Waals surface area contributed by atoms with Crippen molar-refractivity contribution in [1.82, 2.24) is 10.2 Å². The van der Waals surface area contributed by atoms with Gasteiger partial charge in [0, 0.05) is 12.1 Å². The summed E-state index contributed by atoms with van der Waals surface area (Å²) in [6, 6.07) is 1.85. The number of hydrogen-bond acceptors (Lipinski definition) is 2. The van der Waals surface area contributed by atoms with Crippen molar-refractivity contribution in [3.05, 3.63) is 0 Å². The van der Waals surface area contributed by atoms with Crippen LogP contribution in [0.3, 0.4) is 0 Å². The highest BCUT2D eigenvalue weighted by atomic mass is 15.2. The normalized spacial score (nSPS) is 20.6.